The summed E-state index contributed by atoms with van der Waals surface area (Å²) in [4.78, 5) is 3.82. The molecule has 0 amide bonds. The second-order valence-corrected chi connectivity index (χ2v) is 1.61. The average molecular weight is 227 g/mol. The quantitative estimate of drug-likeness (QED) is 0.366. The Balaban J connectivity index is 0.000001000. The van der Waals surface area contributed by atoms with E-state index in [-0.39, 0.29) is 19.5 Å². The molecule has 0 spiro atoms. The molecule has 1 heterocycles. The first-order chi connectivity index (χ1) is 4.93. The van der Waals surface area contributed by atoms with E-state index in [1.54, 1.807) is 24.5 Å². The molecule has 1 rings (SSSR count). The largest absolute Gasteiger partial charge is 1.00 e. The van der Waals surface area contributed by atoms with E-state index >= 15 is 0 Å². The van der Waals surface area contributed by atoms with Gasteiger partial charge in [0.15, 0.2) is 0 Å². The summed E-state index contributed by atoms with van der Waals surface area (Å²) in [6.07, 6.45) is 9.83. The van der Waals surface area contributed by atoms with E-state index in [1.807, 2.05) is 5.92 Å². The van der Waals surface area contributed by atoms with Gasteiger partial charge in [0.1, 0.15) is 0 Å². The van der Waals surface area contributed by atoms with Crippen molar-refractivity contribution in [3.05, 3.63) is 36.5 Å². The molecule has 1 radical (unpaired) electrons. The fraction of sp³-hybridized carbons (Fsp3) is 0. The summed E-state index contributed by atoms with van der Waals surface area (Å²) in [5.41, 5.74) is 0.856. The number of rotatable bonds is 0. The Morgan fingerprint density at radius 2 is 1.91 bits per heavy atom. The standard InChI is InChI=1S/C9H4N.Ru/c1-2-3-4-9-5-7-10-8-6-9;/h5-8H;/q-1;+1. The minimum atomic E-state index is 0. The number of hydrogen-bond donors (Lipinski definition) is 0. The molecule has 53 valence electrons. The van der Waals surface area contributed by atoms with Gasteiger partial charge in [-0.3, -0.25) is 10.9 Å². The molecule has 0 N–H and O–H groups in total. The van der Waals surface area contributed by atoms with E-state index in [4.69, 9.17) is 6.42 Å². The van der Waals surface area contributed by atoms with Crippen LogP contribution in [0.2, 0.25) is 0 Å². The predicted molar refractivity (Wildman–Crippen MR) is 38.2 cm³/mol. The summed E-state index contributed by atoms with van der Waals surface area (Å²) in [5.74, 6) is 7.09. The van der Waals surface area contributed by atoms with Crippen molar-refractivity contribution in [3.8, 4) is 17.8 Å². The van der Waals surface area contributed by atoms with Crippen LogP contribution in [0.1, 0.15) is 5.56 Å². The third-order valence-electron chi connectivity index (χ3n) is 0.950. The molecule has 0 fully saturated rings. The monoisotopic (exact) mass is 228 g/mol. The fourth-order valence-electron chi connectivity index (χ4n) is 0.539. The molecule has 1 nitrogen and oxygen atoms in total. The van der Waals surface area contributed by atoms with Crippen molar-refractivity contribution in [2.75, 3.05) is 0 Å². The van der Waals surface area contributed by atoms with Crippen LogP contribution in [0.3, 0.4) is 0 Å². The van der Waals surface area contributed by atoms with Crippen molar-refractivity contribution >= 4 is 0 Å². The number of nitrogens with zero attached hydrogens (tertiary/aromatic N) is 1. The molecular formula is C9H4NRu. The van der Waals surface area contributed by atoms with Crippen molar-refractivity contribution in [1.82, 2.24) is 4.98 Å². The van der Waals surface area contributed by atoms with E-state index in [2.05, 4.69) is 16.8 Å². The Morgan fingerprint density at radius 1 is 1.27 bits per heavy atom. The van der Waals surface area contributed by atoms with Gasteiger partial charge in [-0.1, -0.05) is 0 Å². The normalized spacial score (nSPS) is 6.45. The van der Waals surface area contributed by atoms with Crippen LogP contribution in [0, 0.1) is 24.2 Å². The molecule has 1 aromatic heterocycles. The van der Waals surface area contributed by atoms with Gasteiger partial charge < -0.3 is 6.42 Å². The van der Waals surface area contributed by atoms with Crippen LogP contribution in [0.15, 0.2) is 24.5 Å². The van der Waals surface area contributed by atoms with Crippen LogP contribution in [0.4, 0.5) is 0 Å². The Kier molecular flexibility index (Phi) is 5.09. The molecule has 0 saturated heterocycles. The summed E-state index contributed by atoms with van der Waals surface area (Å²) in [6.45, 7) is 0. The topological polar surface area (TPSA) is 12.9 Å². The van der Waals surface area contributed by atoms with Crippen LogP contribution in [0.5, 0.6) is 0 Å². The second kappa shape index (κ2) is 5.66. The van der Waals surface area contributed by atoms with Crippen molar-refractivity contribution in [2.24, 2.45) is 0 Å². The molecular weight excluding hydrogens is 223 g/mol. The first-order valence-electron chi connectivity index (χ1n) is 2.76. The maximum atomic E-state index is 6.51. The van der Waals surface area contributed by atoms with Crippen LogP contribution >= 0.6 is 0 Å². The van der Waals surface area contributed by atoms with Crippen LogP contribution in [0.25, 0.3) is 0 Å². The van der Waals surface area contributed by atoms with Gasteiger partial charge in [-0.2, -0.15) is 5.92 Å². The van der Waals surface area contributed by atoms with Gasteiger partial charge in [-0.25, -0.2) is 5.92 Å². The zero-order valence-corrected chi connectivity index (χ0v) is 7.35. The fourth-order valence-corrected chi connectivity index (χ4v) is 0.539. The third kappa shape index (κ3) is 3.56. The first kappa shape index (κ1) is 9.89. The van der Waals surface area contributed by atoms with Gasteiger partial charge in [-0.15, -0.1) is 0 Å². The van der Waals surface area contributed by atoms with Crippen molar-refractivity contribution in [2.45, 2.75) is 0 Å². The summed E-state index contributed by atoms with van der Waals surface area (Å²) in [6, 6.07) is 3.56. The zero-order chi connectivity index (χ0) is 7.23. The summed E-state index contributed by atoms with van der Waals surface area (Å²) >= 11 is 0. The average Bonchev–Trinajstić information content (AvgIpc) is 2.03. The van der Waals surface area contributed by atoms with Gasteiger partial charge in [0.2, 0.25) is 0 Å². The SMILES string of the molecule is [C-]#CC#Cc1ccncc1.[Ru+]. The van der Waals surface area contributed by atoms with Gasteiger partial charge in [0, 0.05) is 18.0 Å². The Labute approximate surface area is 79.0 Å². The van der Waals surface area contributed by atoms with Gasteiger partial charge in [-0.05, 0) is 12.1 Å². The van der Waals surface area contributed by atoms with Gasteiger partial charge >= 0.3 is 19.5 Å². The van der Waals surface area contributed by atoms with Gasteiger partial charge in [0.25, 0.3) is 0 Å². The molecule has 0 bridgehead atoms. The first-order valence-corrected chi connectivity index (χ1v) is 2.76. The van der Waals surface area contributed by atoms with Crippen LogP contribution < -0.4 is 0 Å². The van der Waals surface area contributed by atoms with Crippen molar-refractivity contribution in [1.29, 1.82) is 0 Å². The predicted octanol–water partition coefficient (Wildman–Crippen LogP) is 1.02. The Hall–Kier alpha value is -1.11. The number of pyridine rings is 1. The maximum absolute atomic E-state index is 6.51. The molecule has 0 aliphatic carbocycles. The molecule has 0 aliphatic heterocycles. The molecule has 0 unspecified atom stereocenters. The minimum absolute atomic E-state index is 0. The zero-order valence-electron chi connectivity index (χ0n) is 5.61. The molecule has 0 atom stereocenters. The van der Waals surface area contributed by atoms with E-state index in [1.165, 1.54) is 0 Å². The summed E-state index contributed by atoms with van der Waals surface area (Å²) < 4.78 is 0. The summed E-state index contributed by atoms with van der Waals surface area (Å²) in [7, 11) is 0. The van der Waals surface area contributed by atoms with Gasteiger partial charge in [0.05, 0.1) is 0 Å². The van der Waals surface area contributed by atoms with Crippen molar-refractivity contribution < 1.29 is 19.5 Å². The molecule has 11 heavy (non-hydrogen) atoms. The van der Waals surface area contributed by atoms with Crippen molar-refractivity contribution in [3.63, 3.8) is 0 Å². The Bertz CT molecular complexity index is 300. The third-order valence-corrected chi connectivity index (χ3v) is 0.950. The molecule has 2 heteroatoms. The Morgan fingerprint density at radius 3 is 2.45 bits per heavy atom. The second-order valence-electron chi connectivity index (χ2n) is 1.61. The van der Waals surface area contributed by atoms with E-state index in [0.717, 1.165) is 5.56 Å². The van der Waals surface area contributed by atoms with Crippen LogP contribution in [-0.2, 0) is 19.5 Å². The maximum Gasteiger partial charge on any atom is 1.00 e. The smallest absolute Gasteiger partial charge is 0.358 e. The molecule has 0 saturated carbocycles. The molecule has 1 aromatic rings. The van der Waals surface area contributed by atoms with E-state index in [9.17, 15) is 0 Å². The molecule has 0 aromatic carbocycles. The van der Waals surface area contributed by atoms with Crippen LogP contribution in [-0.4, -0.2) is 4.98 Å². The van der Waals surface area contributed by atoms with E-state index < -0.39 is 0 Å². The number of aromatic nitrogens is 1. The molecule has 0 aliphatic rings. The minimum Gasteiger partial charge on any atom is -0.358 e. The summed E-state index contributed by atoms with van der Waals surface area (Å²) in [5, 5.41) is 0. The van der Waals surface area contributed by atoms with E-state index in [0.29, 0.717) is 0 Å². The number of hydrogen-bond acceptors (Lipinski definition) is 1.